The van der Waals surface area contributed by atoms with Crippen molar-refractivity contribution in [2.24, 2.45) is 0 Å². The lowest BCUT2D eigenvalue weighted by atomic mass is 10.1. The highest BCUT2D eigenvalue weighted by molar-refractivity contribution is 5.59. The fraction of sp³-hybridized carbons (Fsp3) is 0.400. The molecule has 2 nitrogen and oxygen atoms in total. The van der Waals surface area contributed by atoms with Crippen molar-refractivity contribution in [2.45, 2.75) is 19.1 Å². The van der Waals surface area contributed by atoms with Crippen molar-refractivity contribution in [2.75, 3.05) is 11.9 Å². The quantitative estimate of drug-likeness (QED) is 0.721. The van der Waals surface area contributed by atoms with Crippen LogP contribution in [-0.2, 0) is 6.18 Å². The van der Waals surface area contributed by atoms with Crippen molar-refractivity contribution in [1.82, 2.24) is 0 Å². The summed E-state index contributed by atoms with van der Waals surface area (Å²) >= 11 is 0. The molecule has 0 aromatic heterocycles. The Morgan fingerprint density at radius 2 is 2.13 bits per heavy atom. The summed E-state index contributed by atoms with van der Waals surface area (Å²) in [6.07, 6.45) is -4.32. The molecule has 1 heterocycles. The molecule has 0 fully saturated rings. The molecule has 1 aromatic carbocycles. The van der Waals surface area contributed by atoms with Gasteiger partial charge in [-0.2, -0.15) is 13.2 Å². The zero-order chi connectivity index (χ0) is 11.1. The van der Waals surface area contributed by atoms with Crippen LogP contribution in [0.25, 0.3) is 0 Å². The van der Waals surface area contributed by atoms with E-state index >= 15 is 0 Å². The second kappa shape index (κ2) is 3.32. The van der Waals surface area contributed by atoms with Gasteiger partial charge in [0.05, 0.1) is 17.3 Å². The average molecular weight is 217 g/mol. The number of benzene rings is 1. The molecule has 0 aliphatic carbocycles. The van der Waals surface area contributed by atoms with Gasteiger partial charge < -0.3 is 10.1 Å². The number of hydrogen-bond donors (Lipinski definition) is 1. The Kier molecular flexibility index (Phi) is 2.25. The van der Waals surface area contributed by atoms with Gasteiger partial charge in [0.1, 0.15) is 12.4 Å². The molecular weight excluding hydrogens is 207 g/mol. The van der Waals surface area contributed by atoms with Crippen molar-refractivity contribution in [3.05, 3.63) is 23.8 Å². The number of hydrogen-bond acceptors (Lipinski definition) is 2. The second-order valence-corrected chi connectivity index (χ2v) is 3.57. The lowest BCUT2D eigenvalue weighted by Crippen LogP contribution is -2.28. The lowest BCUT2D eigenvalue weighted by Gasteiger charge is -2.25. The van der Waals surface area contributed by atoms with E-state index in [2.05, 4.69) is 5.32 Å². The van der Waals surface area contributed by atoms with E-state index in [4.69, 9.17) is 4.74 Å². The maximum Gasteiger partial charge on any atom is 0.416 e. The van der Waals surface area contributed by atoms with Crippen LogP contribution in [0.3, 0.4) is 0 Å². The van der Waals surface area contributed by atoms with Crippen molar-refractivity contribution in [1.29, 1.82) is 0 Å². The van der Waals surface area contributed by atoms with Gasteiger partial charge in [0.2, 0.25) is 0 Å². The Morgan fingerprint density at radius 1 is 1.40 bits per heavy atom. The first kappa shape index (κ1) is 10.1. The van der Waals surface area contributed by atoms with E-state index in [1.165, 1.54) is 6.07 Å². The number of ether oxygens (including phenoxy) is 1. The summed E-state index contributed by atoms with van der Waals surface area (Å²) < 4.78 is 42.3. The highest BCUT2D eigenvalue weighted by Gasteiger charge is 2.31. The van der Waals surface area contributed by atoms with Gasteiger partial charge in [-0.15, -0.1) is 0 Å². The Hall–Kier alpha value is -1.39. The summed E-state index contributed by atoms with van der Waals surface area (Å²) in [5.74, 6) is 0.267. The summed E-state index contributed by atoms with van der Waals surface area (Å²) in [5.41, 5.74) is -0.0700. The molecule has 1 unspecified atom stereocenters. The fourth-order valence-corrected chi connectivity index (χ4v) is 1.46. The van der Waals surface area contributed by atoms with E-state index in [-0.39, 0.29) is 11.8 Å². The molecule has 82 valence electrons. The first-order valence-corrected chi connectivity index (χ1v) is 4.57. The molecule has 1 aliphatic heterocycles. The van der Waals surface area contributed by atoms with Crippen LogP contribution in [0.1, 0.15) is 12.5 Å². The van der Waals surface area contributed by atoms with Crippen LogP contribution in [0.4, 0.5) is 18.9 Å². The minimum Gasteiger partial charge on any atom is -0.489 e. The summed E-state index contributed by atoms with van der Waals surface area (Å²) in [5, 5.41) is 3.05. The van der Waals surface area contributed by atoms with Gasteiger partial charge in [0.15, 0.2) is 0 Å². The molecule has 15 heavy (non-hydrogen) atoms. The van der Waals surface area contributed by atoms with Gasteiger partial charge in [-0.05, 0) is 25.1 Å². The molecule has 5 heteroatoms. The molecule has 2 rings (SSSR count). The van der Waals surface area contributed by atoms with Crippen molar-refractivity contribution in [3.8, 4) is 5.75 Å². The third kappa shape index (κ3) is 2.00. The van der Waals surface area contributed by atoms with Crippen LogP contribution >= 0.6 is 0 Å². The van der Waals surface area contributed by atoms with Crippen LogP contribution < -0.4 is 10.1 Å². The molecule has 0 amide bonds. The SMILES string of the molecule is CC1COc2cc(C(F)(F)F)ccc2N1. The summed E-state index contributed by atoms with van der Waals surface area (Å²) in [7, 11) is 0. The monoisotopic (exact) mass is 217 g/mol. The Morgan fingerprint density at radius 3 is 2.80 bits per heavy atom. The van der Waals surface area contributed by atoms with Crippen LogP contribution in [0, 0.1) is 0 Å². The molecule has 1 aliphatic rings. The molecule has 0 bridgehead atoms. The predicted octanol–water partition coefficient (Wildman–Crippen LogP) is 2.90. The van der Waals surface area contributed by atoms with Gasteiger partial charge >= 0.3 is 6.18 Å². The molecule has 1 atom stereocenters. The highest BCUT2D eigenvalue weighted by atomic mass is 19.4. The molecular formula is C10H10F3NO. The van der Waals surface area contributed by atoms with E-state index in [0.717, 1.165) is 12.1 Å². The third-order valence-electron chi connectivity index (χ3n) is 2.20. The predicted molar refractivity (Wildman–Crippen MR) is 50.0 cm³/mol. The minimum absolute atomic E-state index is 0.120. The van der Waals surface area contributed by atoms with Crippen molar-refractivity contribution < 1.29 is 17.9 Å². The molecule has 0 saturated heterocycles. The lowest BCUT2D eigenvalue weighted by molar-refractivity contribution is -0.137. The van der Waals surface area contributed by atoms with Crippen LogP contribution in [0.2, 0.25) is 0 Å². The van der Waals surface area contributed by atoms with E-state index < -0.39 is 11.7 Å². The normalized spacial score (nSPS) is 20.1. The van der Waals surface area contributed by atoms with Crippen molar-refractivity contribution in [3.63, 3.8) is 0 Å². The molecule has 1 aromatic rings. The van der Waals surface area contributed by atoms with E-state index in [0.29, 0.717) is 12.3 Å². The van der Waals surface area contributed by atoms with Crippen LogP contribution in [0.5, 0.6) is 5.75 Å². The van der Waals surface area contributed by atoms with Crippen molar-refractivity contribution >= 4 is 5.69 Å². The van der Waals surface area contributed by atoms with Crippen LogP contribution in [0.15, 0.2) is 18.2 Å². The topological polar surface area (TPSA) is 21.3 Å². The fourth-order valence-electron chi connectivity index (χ4n) is 1.46. The summed E-state index contributed by atoms with van der Waals surface area (Å²) in [4.78, 5) is 0. The zero-order valence-electron chi connectivity index (χ0n) is 8.06. The number of rotatable bonds is 0. The highest BCUT2D eigenvalue weighted by Crippen LogP contribution is 2.36. The average Bonchev–Trinajstić information content (AvgIpc) is 2.15. The number of anilines is 1. The number of alkyl halides is 3. The largest absolute Gasteiger partial charge is 0.489 e. The molecule has 0 spiro atoms. The Balaban J connectivity index is 2.35. The number of fused-ring (bicyclic) bond motifs is 1. The maximum atomic E-state index is 12.4. The Labute approximate surface area is 85.0 Å². The number of halogens is 3. The van der Waals surface area contributed by atoms with Crippen LogP contribution in [-0.4, -0.2) is 12.6 Å². The van der Waals surface area contributed by atoms with E-state index in [1.54, 1.807) is 0 Å². The van der Waals surface area contributed by atoms with E-state index in [9.17, 15) is 13.2 Å². The number of nitrogens with one attached hydrogen (secondary N) is 1. The smallest absolute Gasteiger partial charge is 0.416 e. The van der Waals surface area contributed by atoms with Gasteiger partial charge in [0.25, 0.3) is 0 Å². The minimum atomic E-state index is -4.32. The van der Waals surface area contributed by atoms with Gasteiger partial charge in [-0.3, -0.25) is 0 Å². The van der Waals surface area contributed by atoms with Gasteiger partial charge in [-0.1, -0.05) is 0 Å². The van der Waals surface area contributed by atoms with E-state index in [1.807, 2.05) is 6.92 Å². The second-order valence-electron chi connectivity index (χ2n) is 3.57. The molecule has 0 radical (unpaired) electrons. The maximum absolute atomic E-state index is 12.4. The third-order valence-corrected chi connectivity index (χ3v) is 2.20. The summed E-state index contributed by atoms with van der Waals surface area (Å²) in [6, 6.07) is 3.59. The summed E-state index contributed by atoms with van der Waals surface area (Å²) in [6.45, 7) is 2.29. The van der Waals surface area contributed by atoms with Gasteiger partial charge in [0, 0.05) is 0 Å². The molecule has 0 saturated carbocycles. The zero-order valence-corrected chi connectivity index (χ0v) is 8.06. The first-order chi connectivity index (χ1) is 6.97. The first-order valence-electron chi connectivity index (χ1n) is 4.57. The van der Waals surface area contributed by atoms with Gasteiger partial charge in [-0.25, -0.2) is 0 Å². The molecule has 1 N–H and O–H groups in total. The Bertz CT molecular complexity index is 375. The standard InChI is InChI=1S/C10H10F3NO/c1-6-5-15-9-4-7(10(11,12)13)2-3-8(9)14-6/h2-4,6,14H,5H2,1H3.